The highest BCUT2D eigenvalue weighted by Gasteiger charge is 2.09. The first-order valence-corrected chi connectivity index (χ1v) is 6.94. The van der Waals surface area contributed by atoms with Crippen LogP contribution in [-0.2, 0) is 4.74 Å². The quantitative estimate of drug-likeness (QED) is 0.557. The van der Waals surface area contributed by atoms with E-state index in [1.807, 2.05) is 0 Å². The first kappa shape index (κ1) is 14.6. The highest BCUT2D eigenvalue weighted by atomic mass is 16.5. The van der Waals surface area contributed by atoms with Crippen LogP contribution in [0.25, 0.3) is 0 Å². The van der Waals surface area contributed by atoms with E-state index >= 15 is 0 Å². The summed E-state index contributed by atoms with van der Waals surface area (Å²) in [6.45, 7) is 5.25. The van der Waals surface area contributed by atoms with E-state index in [-0.39, 0.29) is 6.03 Å². The minimum absolute atomic E-state index is 0.184. The molecular formula is C14H22N4O2. The Morgan fingerprint density at radius 2 is 1.95 bits per heavy atom. The van der Waals surface area contributed by atoms with Crippen molar-refractivity contribution in [1.82, 2.24) is 10.2 Å². The van der Waals surface area contributed by atoms with Crippen LogP contribution >= 0.6 is 0 Å². The average Bonchev–Trinajstić information content (AvgIpc) is 2.47. The zero-order valence-corrected chi connectivity index (χ0v) is 11.6. The van der Waals surface area contributed by atoms with Crippen molar-refractivity contribution in [2.75, 3.05) is 50.4 Å². The molecule has 6 nitrogen and oxygen atoms in total. The molecule has 4 N–H and O–H groups in total. The molecule has 1 aromatic rings. The number of hydrogen-bond acceptors (Lipinski definition) is 4. The summed E-state index contributed by atoms with van der Waals surface area (Å²) in [5.41, 5.74) is 7.01. The summed E-state index contributed by atoms with van der Waals surface area (Å²) in [5, 5.41) is 5.61. The lowest BCUT2D eigenvalue weighted by Crippen LogP contribution is -2.38. The van der Waals surface area contributed by atoms with Gasteiger partial charge in [-0.1, -0.05) is 0 Å². The molecule has 1 heterocycles. The van der Waals surface area contributed by atoms with Gasteiger partial charge >= 0.3 is 6.03 Å². The van der Waals surface area contributed by atoms with Crippen molar-refractivity contribution < 1.29 is 9.53 Å². The smallest absolute Gasteiger partial charge is 0.319 e. The molecule has 0 bridgehead atoms. The summed E-state index contributed by atoms with van der Waals surface area (Å²) in [5.74, 6) is 0. The van der Waals surface area contributed by atoms with E-state index in [9.17, 15) is 4.79 Å². The number of morpholine rings is 1. The number of nitrogens with zero attached hydrogens (tertiary/aromatic N) is 1. The Bertz CT molecular complexity index is 416. The van der Waals surface area contributed by atoms with E-state index in [0.29, 0.717) is 12.2 Å². The third-order valence-electron chi connectivity index (χ3n) is 3.21. The van der Waals surface area contributed by atoms with Crippen LogP contribution in [0.4, 0.5) is 16.2 Å². The number of benzene rings is 1. The number of nitrogens with one attached hydrogen (secondary N) is 2. The van der Waals surface area contributed by atoms with Gasteiger partial charge in [-0.05, 0) is 37.2 Å². The number of rotatable bonds is 5. The zero-order chi connectivity index (χ0) is 14.2. The molecule has 0 aliphatic carbocycles. The minimum atomic E-state index is -0.184. The molecule has 2 amide bonds. The van der Waals surface area contributed by atoms with Crippen molar-refractivity contribution in [3.63, 3.8) is 0 Å². The van der Waals surface area contributed by atoms with E-state index < -0.39 is 0 Å². The Balaban J connectivity index is 1.59. The highest BCUT2D eigenvalue weighted by Crippen LogP contribution is 2.09. The molecule has 1 aliphatic rings. The largest absolute Gasteiger partial charge is 0.399 e. The van der Waals surface area contributed by atoms with Crippen LogP contribution < -0.4 is 16.4 Å². The van der Waals surface area contributed by atoms with Crippen LogP contribution in [0, 0.1) is 0 Å². The summed E-state index contributed by atoms with van der Waals surface area (Å²) in [7, 11) is 0. The second-order valence-electron chi connectivity index (χ2n) is 4.81. The number of carbonyl (C=O) groups is 1. The van der Waals surface area contributed by atoms with Gasteiger partial charge in [0.05, 0.1) is 13.2 Å². The molecule has 1 aromatic carbocycles. The van der Waals surface area contributed by atoms with E-state index in [0.717, 1.165) is 45.0 Å². The Labute approximate surface area is 119 Å². The highest BCUT2D eigenvalue weighted by molar-refractivity contribution is 5.89. The average molecular weight is 278 g/mol. The van der Waals surface area contributed by atoms with Crippen molar-refractivity contribution in [1.29, 1.82) is 0 Å². The lowest BCUT2D eigenvalue weighted by molar-refractivity contribution is 0.0375. The summed E-state index contributed by atoms with van der Waals surface area (Å²) in [6, 6.07) is 6.89. The third-order valence-corrected chi connectivity index (χ3v) is 3.21. The molecule has 0 saturated carbocycles. The second kappa shape index (κ2) is 7.72. The Kier molecular flexibility index (Phi) is 5.64. The SMILES string of the molecule is Nc1ccc(NC(=O)NCCCN2CCOCC2)cc1. The van der Waals surface area contributed by atoms with Crippen LogP contribution in [0.2, 0.25) is 0 Å². The third kappa shape index (κ3) is 5.07. The van der Waals surface area contributed by atoms with E-state index in [1.54, 1.807) is 24.3 Å². The molecular weight excluding hydrogens is 256 g/mol. The number of nitrogens with two attached hydrogens (primary N) is 1. The predicted octanol–water partition coefficient (Wildman–Crippen LogP) is 1.11. The van der Waals surface area contributed by atoms with Crippen LogP contribution in [-0.4, -0.2) is 50.3 Å². The maximum absolute atomic E-state index is 11.7. The number of anilines is 2. The van der Waals surface area contributed by atoms with Gasteiger partial charge in [-0.15, -0.1) is 0 Å². The molecule has 20 heavy (non-hydrogen) atoms. The lowest BCUT2D eigenvalue weighted by atomic mass is 10.3. The van der Waals surface area contributed by atoms with Gasteiger partial charge in [-0.2, -0.15) is 0 Å². The first-order chi connectivity index (χ1) is 9.74. The number of ether oxygens (including phenoxy) is 1. The fourth-order valence-corrected chi connectivity index (χ4v) is 2.07. The Morgan fingerprint density at radius 1 is 1.25 bits per heavy atom. The molecule has 6 heteroatoms. The van der Waals surface area contributed by atoms with Crippen LogP contribution in [0.1, 0.15) is 6.42 Å². The zero-order valence-electron chi connectivity index (χ0n) is 11.6. The molecule has 110 valence electrons. The van der Waals surface area contributed by atoms with Gasteiger partial charge in [0.15, 0.2) is 0 Å². The number of amides is 2. The van der Waals surface area contributed by atoms with Gasteiger partial charge in [-0.25, -0.2) is 4.79 Å². The molecule has 0 unspecified atom stereocenters. The topological polar surface area (TPSA) is 79.6 Å². The van der Waals surface area contributed by atoms with Crippen molar-refractivity contribution >= 4 is 17.4 Å². The van der Waals surface area contributed by atoms with Crippen molar-refractivity contribution in [2.24, 2.45) is 0 Å². The summed E-state index contributed by atoms with van der Waals surface area (Å²) < 4.78 is 5.29. The number of nitrogen functional groups attached to an aromatic ring is 1. The van der Waals surface area contributed by atoms with Gasteiger partial charge in [0.2, 0.25) is 0 Å². The van der Waals surface area contributed by atoms with Gasteiger partial charge in [0.25, 0.3) is 0 Å². The van der Waals surface area contributed by atoms with Crippen LogP contribution in [0.15, 0.2) is 24.3 Å². The molecule has 0 aromatic heterocycles. The Hall–Kier alpha value is -1.79. The monoisotopic (exact) mass is 278 g/mol. The molecule has 1 aliphatic heterocycles. The minimum Gasteiger partial charge on any atom is -0.399 e. The van der Waals surface area contributed by atoms with Gasteiger partial charge < -0.3 is 21.1 Å². The van der Waals surface area contributed by atoms with Crippen molar-refractivity contribution in [3.05, 3.63) is 24.3 Å². The molecule has 2 rings (SSSR count). The van der Waals surface area contributed by atoms with Crippen LogP contribution in [0.5, 0.6) is 0 Å². The fraction of sp³-hybridized carbons (Fsp3) is 0.500. The predicted molar refractivity (Wildman–Crippen MR) is 79.8 cm³/mol. The second-order valence-corrected chi connectivity index (χ2v) is 4.81. The normalized spacial score (nSPS) is 15.8. The fourth-order valence-electron chi connectivity index (χ4n) is 2.07. The summed E-state index contributed by atoms with van der Waals surface area (Å²) >= 11 is 0. The lowest BCUT2D eigenvalue weighted by Gasteiger charge is -2.26. The number of urea groups is 1. The number of carbonyl (C=O) groups excluding carboxylic acids is 1. The van der Waals surface area contributed by atoms with E-state index in [4.69, 9.17) is 10.5 Å². The Morgan fingerprint density at radius 3 is 2.65 bits per heavy atom. The standard InChI is InChI=1S/C14H22N4O2/c15-12-2-4-13(5-3-12)17-14(19)16-6-1-7-18-8-10-20-11-9-18/h2-5H,1,6-11,15H2,(H2,16,17,19). The summed E-state index contributed by atoms with van der Waals surface area (Å²) in [6.07, 6.45) is 0.940. The molecule has 0 atom stereocenters. The van der Waals surface area contributed by atoms with E-state index in [2.05, 4.69) is 15.5 Å². The molecule has 1 saturated heterocycles. The van der Waals surface area contributed by atoms with E-state index in [1.165, 1.54) is 0 Å². The van der Waals surface area contributed by atoms with Crippen molar-refractivity contribution in [2.45, 2.75) is 6.42 Å². The molecule has 1 fully saturated rings. The maximum atomic E-state index is 11.7. The molecule has 0 spiro atoms. The van der Waals surface area contributed by atoms with Crippen molar-refractivity contribution in [3.8, 4) is 0 Å². The van der Waals surface area contributed by atoms with Gasteiger partial charge in [-0.3, -0.25) is 4.90 Å². The first-order valence-electron chi connectivity index (χ1n) is 6.94. The van der Waals surface area contributed by atoms with Gasteiger partial charge in [0.1, 0.15) is 0 Å². The number of hydrogen-bond donors (Lipinski definition) is 3. The van der Waals surface area contributed by atoms with Gasteiger partial charge in [0, 0.05) is 31.0 Å². The summed E-state index contributed by atoms with van der Waals surface area (Å²) in [4.78, 5) is 14.0. The molecule has 0 radical (unpaired) electrons. The maximum Gasteiger partial charge on any atom is 0.319 e. The van der Waals surface area contributed by atoms with Crippen LogP contribution in [0.3, 0.4) is 0 Å².